The van der Waals surface area contributed by atoms with Crippen LogP contribution in [0.25, 0.3) is 5.57 Å². The fourth-order valence-corrected chi connectivity index (χ4v) is 4.22. The van der Waals surface area contributed by atoms with E-state index in [-0.39, 0.29) is 11.8 Å². The second-order valence-corrected chi connectivity index (χ2v) is 7.50. The maximum atomic E-state index is 13.3. The molecule has 0 spiro atoms. The van der Waals surface area contributed by atoms with E-state index in [1.807, 2.05) is 30.0 Å². The van der Waals surface area contributed by atoms with Crippen LogP contribution >= 0.6 is 0 Å². The summed E-state index contributed by atoms with van der Waals surface area (Å²) < 4.78 is 10.8. The number of hydrogen-bond acceptors (Lipinski definition) is 5. The SMILES string of the molecule is CCCN1C(=O)C(c2ccc(OC)c(OC)c2)=C(N2CCc3ccccc3C2)C1=O. The minimum absolute atomic E-state index is 0.217. The fraction of sp³-hybridized carbons (Fsp3) is 0.333. The molecule has 0 saturated carbocycles. The van der Waals surface area contributed by atoms with Gasteiger partial charge in [0.05, 0.1) is 19.8 Å². The van der Waals surface area contributed by atoms with Gasteiger partial charge in [-0.1, -0.05) is 37.3 Å². The van der Waals surface area contributed by atoms with Crippen molar-refractivity contribution >= 4 is 17.4 Å². The first-order chi connectivity index (χ1) is 14.6. The third-order valence-corrected chi connectivity index (χ3v) is 5.71. The second-order valence-electron chi connectivity index (χ2n) is 7.50. The molecule has 2 heterocycles. The smallest absolute Gasteiger partial charge is 0.277 e. The molecule has 2 aromatic rings. The average molecular weight is 406 g/mol. The Hall–Kier alpha value is -3.28. The van der Waals surface area contributed by atoms with E-state index in [2.05, 4.69) is 12.1 Å². The van der Waals surface area contributed by atoms with Gasteiger partial charge in [-0.2, -0.15) is 0 Å². The normalized spacial score (nSPS) is 16.2. The highest BCUT2D eigenvalue weighted by atomic mass is 16.5. The number of fused-ring (bicyclic) bond motifs is 1. The molecular weight excluding hydrogens is 380 g/mol. The number of carbonyl (C=O) groups excluding carboxylic acids is 2. The third-order valence-electron chi connectivity index (χ3n) is 5.71. The summed E-state index contributed by atoms with van der Waals surface area (Å²) in [7, 11) is 3.13. The number of carbonyl (C=O) groups is 2. The number of imide groups is 1. The molecule has 2 aliphatic rings. The largest absolute Gasteiger partial charge is 0.493 e. The van der Waals surface area contributed by atoms with Gasteiger partial charge in [-0.3, -0.25) is 14.5 Å². The van der Waals surface area contributed by atoms with Gasteiger partial charge in [0, 0.05) is 19.6 Å². The minimum atomic E-state index is -0.247. The molecule has 6 nitrogen and oxygen atoms in total. The molecule has 2 aliphatic heterocycles. The van der Waals surface area contributed by atoms with Crippen molar-refractivity contribution in [2.75, 3.05) is 27.3 Å². The van der Waals surface area contributed by atoms with Crippen molar-refractivity contribution in [3.05, 3.63) is 64.9 Å². The van der Waals surface area contributed by atoms with E-state index in [1.54, 1.807) is 26.4 Å². The monoisotopic (exact) mass is 406 g/mol. The van der Waals surface area contributed by atoms with Crippen LogP contribution in [0.1, 0.15) is 30.0 Å². The molecule has 0 saturated heterocycles. The topological polar surface area (TPSA) is 59.1 Å². The van der Waals surface area contributed by atoms with E-state index in [1.165, 1.54) is 16.0 Å². The quantitative estimate of drug-likeness (QED) is 0.690. The van der Waals surface area contributed by atoms with Crippen molar-refractivity contribution in [3.8, 4) is 11.5 Å². The molecule has 2 aromatic carbocycles. The van der Waals surface area contributed by atoms with E-state index >= 15 is 0 Å². The van der Waals surface area contributed by atoms with Crippen molar-refractivity contribution in [1.82, 2.24) is 9.80 Å². The lowest BCUT2D eigenvalue weighted by molar-refractivity contribution is -0.137. The van der Waals surface area contributed by atoms with Gasteiger partial charge >= 0.3 is 0 Å². The van der Waals surface area contributed by atoms with Crippen LogP contribution in [0.3, 0.4) is 0 Å². The minimum Gasteiger partial charge on any atom is -0.493 e. The predicted molar refractivity (Wildman–Crippen MR) is 114 cm³/mol. The van der Waals surface area contributed by atoms with E-state index in [0.717, 1.165) is 6.42 Å². The Balaban J connectivity index is 1.81. The molecule has 2 amide bonds. The van der Waals surface area contributed by atoms with Crippen molar-refractivity contribution in [1.29, 1.82) is 0 Å². The standard InChI is InChI=1S/C24H26N2O4/c1-4-12-26-23(27)21(17-9-10-19(29-2)20(14-17)30-3)22(24(26)28)25-13-11-16-7-5-6-8-18(16)15-25/h5-10,14H,4,11-13,15H2,1-3H3. The highest BCUT2D eigenvalue weighted by Gasteiger charge is 2.41. The number of amides is 2. The molecule has 6 heteroatoms. The lowest BCUT2D eigenvalue weighted by atomic mass is 9.97. The van der Waals surface area contributed by atoms with Crippen LogP contribution in [0, 0.1) is 0 Å². The molecule has 0 aliphatic carbocycles. The van der Waals surface area contributed by atoms with Crippen LogP contribution < -0.4 is 9.47 Å². The summed E-state index contributed by atoms with van der Waals surface area (Å²) in [4.78, 5) is 30.0. The Kier molecular flexibility index (Phi) is 5.48. The van der Waals surface area contributed by atoms with Crippen LogP contribution in [0.15, 0.2) is 48.2 Å². The zero-order valence-electron chi connectivity index (χ0n) is 17.6. The Labute approximate surface area is 176 Å². The first-order valence-electron chi connectivity index (χ1n) is 10.2. The Morgan fingerprint density at radius 1 is 0.933 bits per heavy atom. The van der Waals surface area contributed by atoms with Gasteiger partial charge in [-0.25, -0.2) is 0 Å². The van der Waals surface area contributed by atoms with Gasteiger partial charge < -0.3 is 14.4 Å². The summed E-state index contributed by atoms with van der Waals surface area (Å²) in [6.07, 6.45) is 1.56. The van der Waals surface area contributed by atoms with Crippen molar-refractivity contribution < 1.29 is 19.1 Å². The summed E-state index contributed by atoms with van der Waals surface area (Å²) in [5.74, 6) is 0.645. The predicted octanol–water partition coefficient (Wildman–Crippen LogP) is 3.25. The van der Waals surface area contributed by atoms with Gasteiger partial charge in [-0.05, 0) is 41.7 Å². The lowest BCUT2D eigenvalue weighted by Crippen LogP contribution is -2.37. The highest BCUT2D eigenvalue weighted by molar-refractivity contribution is 6.35. The van der Waals surface area contributed by atoms with Gasteiger partial charge in [-0.15, -0.1) is 0 Å². The van der Waals surface area contributed by atoms with Gasteiger partial charge in [0.1, 0.15) is 5.70 Å². The number of methoxy groups -OCH3 is 2. The van der Waals surface area contributed by atoms with E-state index < -0.39 is 0 Å². The fourth-order valence-electron chi connectivity index (χ4n) is 4.22. The van der Waals surface area contributed by atoms with Gasteiger partial charge in [0.2, 0.25) is 0 Å². The van der Waals surface area contributed by atoms with Crippen LogP contribution in [0.5, 0.6) is 11.5 Å². The molecule has 4 rings (SSSR count). The second kappa shape index (κ2) is 8.22. The molecule has 0 unspecified atom stereocenters. The summed E-state index contributed by atoms with van der Waals surface area (Å²) >= 11 is 0. The first kappa shape index (κ1) is 20.0. The summed E-state index contributed by atoms with van der Waals surface area (Å²) in [6, 6.07) is 13.6. The average Bonchev–Trinajstić information content (AvgIpc) is 3.03. The molecule has 0 fully saturated rings. The number of nitrogens with zero attached hydrogens (tertiary/aromatic N) is 2. The van der Waals surface area contributed by atoms with Crippen molar-refractivity contribution in [2.24, 2.45) is 0 Å². The Bertz CT molecular complexity index is 1030. The molecule has 0 N–H and O–H groups in total. The number of benzene rings is 2. The maximum Gasteiger partial charge on any atom is 0.277 e. The highest BCUT2D eigenvalue weighted by Crippen LogP contribution is 2.37. The van der Waals surface area contributed by atoms with Crippen LogP contribution in [-0.4, -0.2) is 48.9 Å². The molecule has 0 aromatic heterocycles. The first-order valence-corrected chi connectivity index (χ1v) is 10.2. The van der Waals surface area contributed by atoms with Gasteiger partial charge in [0.15, 0.2) is 11.5 Å². The summed E-state index contributed by atoms with van der Waals surface area (Å²) in [5, 5.41) is 0. The van der Waals surface area contributed by atoms with E-state index in [0.29, 0.717) is 54.4 Å². The van der Waals surface area contributed by atoms with Crippen molar-refractivity contribution in [3.63, 3.8) is 0 Å². The molecular formula is C24H26N2O4. The number of rotatable bonds is 6. The number of ether oxygens (including phenoxy) is 2. The van der Waals surface area contributed by atoms with E-state index in [4.69, 9.17) is 9.47 Å². The molecule has 0 bridgehead atoms. The van der Waals surface area contributed by atoms with Crippen LogP contribution in [-0.2, 0) is 22.6 Å². The maximum absolute atomic E-state index is 13.3. The molecule has 30 heavy (non-hydrogen) atoms. The molecule has 0 atom stereocenters. The van der Waals surface area contributed by atoms with Crippen LogP contribution in [0.2, 0.25) is 0 Å². The molecule has 156 valence electrons. The molecule has 0 radical (unpaired) electrons. The summed E-state index contributed by atoms with van der Waals surface area (Å²) in [6.45, 7) is 3.68. The van der Waals surface area contributed by atoms with Crippen LogP contribution in [0.4, 0.5) is 0 Å². The van der Waals surface area contributed by atoms with Gasteiger partial charge in [0.25, 0.3) is 11.8 Å². The zero-order valence-corrected chi connectivity index (χ0v) is 17.6. The Morgan fingerprint density at radius 3 is 2.37 bits per heavy atom. The zero-order chi connectivity index (χ0) is 21.3. The van der Waals surface area contributed by atoms with Crippen molar-refractivity contribution in [2.45, 2.75) is 26.3 Å². The summed E-state index contributed by atoms with van der Waals surface area (Å²) in [5.41, 5.74) is 4.07. The van der Waals surface area contributed by atoms with E-state index in [9.17, 15) is 9.59 Å². The lowest BCUT2D eigenvalue weighted by Gasteiger charge is -2.31. The third kappa shape index (κ3) is 3.32. The number of hydrogen-bond donors (Lipinski definition) is 0. The Morgan fingerprint density at radius 2 is 1.67 bits per heavy atom.